The van der Waals surface area contributed by atoms with Crippen LogP contribution >= 0.6 is 0 Å². The molecule has 4 nitrogen and oxygen atoms in total. The molecule has 0 radical (unpaired) electrons. The van der Waals surface area contributed by atoms with Gasteiger partial charge in [0.15, 0.2) is 0 Å². The molecule has 1 unspecified atom stereocenters. The van der Waals surface area contributed by atoms with Gasteiger partial charge in [-0.15, -0.1) is 0 Å². The molecule has 1 aromatic heterocycles. The monoisotopic (exact) mass is 233 g/mol. The fourth-order valence-electron chi connectivity index (χ4n) is 2.66. The average Bonchev–Trinajstić information content (AvgIpc) is 3.01. The Morgan fingerprint density at radius 3 is 3.00 bits per heavy atom. The van der Waals surface area contributed by atoms with Crippen molar-refractivity contribution in [1.29, 1.82) is 0 Å². The molecular formula is C13H19N3O. The van der Waals surface area contributed by atoms with Crippen LogP contribution in [0.2, 0.25) is 0 Å². The predicted octanol–water partition coefficient (Wildman–Crippen LogP) is 1.87. The van der Waals surface area contributed by atoms with Crippen LogP contribution in [0.3, 0.4) is 0 Å². The summed E-state index contributed by atoms with van der Waals surface area (Å²) in [6.45, 7) is 1.84. The number of hydrogen-bond donors (Lipinski definition) is 1. The second kappa shape index (κ2) is 4.92. The predicted molar refractivity (Wildman–Crippen MR) is 65.6 cm³/mol. The van der Waals surface area contributed by atoms with Crippen LogP contribution in [0.25, 0.3) is 0 Å². The fourth-order valence-corrected chi connectivity index (χ4v) is 2.66. The summed E-state index contributed by atoms with van der Waals surface area (Å²) in [5, 5.41) is 3.37. The van der Waals surface area contributed by atoms with Gasteiger partial charge in [0.2, 0.25) is 0 Å². The Bertz CT molecular complexity index is 379. The molecule has 92 valence electrons. The van der Waals surface area contributed by atoms with Gasteiger partial charge in [0.05, 0.1) is 12.4 Å². The van der Waals surface area contributed by atoms with Crippen LogP contribution in [0.4, 0.5) is 0 Å². The van der Waals surface area contributed by atoms with E-state index in [2.05, 4.69) is 20.9 Å². The van der Waals surface area contributed by atoms with E-state index < -0.39 is 0 Å². The SMILES string of the molecule is C1=C(OC2CCCC2)C(n2ccnc2)CNC1. The first-order valence-electron chi connectivity index (χ1n) is 6.48. The van der Waals surface area contributed by atoms with Gasteiger partial charge in [-0.2, -0.15) is 0 Å². The number of nitrogens with zero attached hydrogens (tertiary/aromatic N) is 2. The summed E-state index contributed by atoms with van der Waals surface area (Å²) in [5.74, 6) is 1.12. The number of nitrogens with one attached hydrogen (secondary N) is 1. The van der Waals surface area contributed by atoms with Crippen molar-refractivity contribution in [3.8, 4) is 0 Å². The zero-order valence-electron chi connectivity index (χ0n) is 10.0. The summed E-state index contributed by atoms with van der Waals surface area (Å²) in [6.07, 6.45) is 13.3. The number of hydrogen-bond acceptors (Lipinski definition) is 3. The quantitative estimate of drug-likeness (QED) is 0.866. The van der Waals surface area contributed by atoms with Gasteiger partial charge >= 0.3 is 0 Å². The minimum Gasteiger partial charge on any atom is -0.493 e. The summed E-state index contributed by atoms with van der Waals surface area (Å²) in [6, 6.07) is 0.270. The summed E-state index contributed by atoms with van der Waals surface area (Å²) in [7, 11) is 0. The lowest BCUT2D eigenvalue weighted by Gasteiger charge is -2.28. The Balaban J connectivity index is 1.73. The van der Waals surface area contributed by atoms with Crippen molar-refractivity contribution < 1.29 is 4.74 Å². The molecule has 1 saturated carbocycles. The molecule has 0 bridgehead atoms. The highest BCUT2D eigenvalue weighted by atomic mass is 16.5. The Kier molecular flexibility index (Phi) is 3.14. The average molecular weight is 233 g/mol. The smallest absolute Gasteiger partial charge is 0.118 e. The van der Waals surface area contributed by atoms with Crippen LogP contribution in [0.1, 0.15) is 31.7 Å². The maximum Gasteiger partial charge on any atom is 0.118 e. The fraction of sp³-hybridized carbons (Fsp3) is 0.615. The van der Waals surface area contributed by atoms with Crippen molar-refractivity contribution in [2.75, 3.05) is 13.1 Å². The van der Waals surface area contributed by atoms with Gasteiger partial charge in [-0.25, -0.2) is 4.98 Å². The van der Waals surface area contributed by atoms with Crippen molar-refractivity contribution in [2.45, 2.75) is 37.8 Å². The molecule has 1 aliphatic carbocycles. The van der Waals surface area contributed by atoms with E-state index in [9.17, 15) is 0 Å². The van der Waals surface area contributed by atoms with Crippen molar-refractivity contribution in [3.63, 3.8) is 0 Å². The highest BCUT2D eigenvalue weighted by molar-refractivity contribution is 5.09. The van der Waals surface area contributed by atoms with E-state index >= 15 is 0 Å². The largest absolute Gasteiger partial charge is 0.493 e. The van der Waals surface area contributed by atoms with Crippen LogP contribution < -0.4 is 5.32 Å². The number of rotatable bonds is 3. The molecule has 3 rings (SSSR count). The number of aromatic nitrogens is 2. The second-order valence-electron chi connectivity index (χ2n) is 4.81. The molecule has 1 atom stereocenters. The molecule has 1 aromatic rings. The molecular weight excluding hydrogens is 214 g/mol. The Morgan fingerprint density at radius 2 is 2.24 bits per heavy atom. The first-order valence-corrected chi connectivity index (χ1v) is 6.48. The van der Waals surface area contributed by atoms with Gasteiger partial charge in [-0.1, -0.05) is 0 Å². The van der Waals surface area contributed by atoms with Gasteiger partial charge in [-0.05, 0) is 31.8 Å². The molecule has 4 heteroatoms. The van der Waals surface area contributed by atoms with Gasteiger partial charge in [-0.3, -0.25) is 0 Å². The lowest BCUT2D eigenvalue weighted by molar-refractivity contribution is 0.0948. The third-order valence-corrected chi connectivity index (χ3v) is 3.60. The lowest BCUT2D eigenvalue weighted by atomic mass is 10.1. The third-order valence-electron chi connectivity index (χ3n) is 3.60. The maximum atomic E-state index is 6.16. The first-order chi connectivity index (χ1) is 8.43. The normalized spacial score (nSPS) is 25.9. The Labute approximate surface area is 102 Å². The van der Waals surface area contributed by atoms with E-state index in [0.29, 0.717) is 6.10 Å². The first kappa shape index (κ1) is 10.8. The standard InChI is InChI=1S/C13H19N3O/c1-2-4-11(3-1)17-13-5-6-14-9-12(13)16-8-7-15-10-16/h5,7-8,10-12,14H,1-4,6,9H2. The highest BCUT2D eigenvalue weighted by Crippen LogP contribution is 2.28. The lowest BCUT2D eigenvalue weighted by Crippen LogP contribution is -2.33. The van der Waals surface area contributed by atoms with Gasteiger partial charge in [0, 0.05) is 25.5 Å². The van der Waals surface area contributed by atoms with Gasteiger partial charge in [0.1, 0.15) is 11.8 Å². The molecule has 0 spiro atoms. The topological polar surface area (TPSA) is 39.1 Å². The zero-order chi connectivity index (χ0) is 11.5. The Hall–Kier alpha value is -1.29. The minimum atomic E-state index is 0.270. The summed E-state index contributed by atoms with van der Waals surface area (Å²) in [5.41, 5.74) is 0. The van der Waals surface area contributed by atoms with Crippen molar-refractivity contribution in [3.05, 3.63) is 30.6 Å². The summed E-state index contributed by atoms with van der Waals surface area (Å²) < 4.78 is 8.28. The minimum absolute atomic E-state index is 0.270. The summed E-state index contributed by atoms with van der Waals surface area (Å²) in [4.78, 5) is 4.12. The van der Waals surface area contributed by atoms with Crippen LogP contribution in [-0.2, 0) is 4.74 Å². The Morgan fingerprint density at radius 1 is 1.35 bits per heavy atom. The van der Waals surface area contributed by atoms with Crippen LogP contribution in [0, 0.1) is 0 Å². The van der Waals surface area contributed by atoms with Crippen LogP contribution in [-0.4, -0.2) is 28.7 Å². The molecule has 2 aliphatic rings. The second-order valence-corrected chi connectivity index (χ2v) is 4.81. The van der Waals surface area contributed by atoms with Gasteiger partial charge in [0.25, 0.3) is 0 Å². The van der Waals surface area contributed by atoms with E-state index in [1.807, 2.05) is 18.7 Å². The summed E-state index contributed by atoms with van der Waals surface area (Å²) >= 11 is 0. The van der Waals surface area contributed by atoms with E-state index in [1.165, 1.54) is 25.7 Å². The van der Waals surface area contributed by atoms with Crippen molar-refractivity contribution in [2.24, 2.45) is 0 Å². The molecule has 0 amide bonds. The van der Waals surface area contributed by atoms with Gasteiger partial charge < -0.3 is 14.6 Å². The zero-order valence-corrected chi connectivity index (χ0v) is 10.0. The molecule has 17 heavy (non-hydrogen) atoms. The number of ether oxygens (including phenoxy) is 1. The van der Waals surface area contributed by atoms with E-state index in [0.717, 1.165) is 18.8 Å². The van der Waals surface area contributed by atoms with E-state index in [1.54, 1.807) is 0 Å². The molecule has 0 saturated heterocycles. The molecule has 1 fully saturated rings. The molecule has 1 N–H and O–H groups in total. The maximum absolute atomic E-state index is 6.16. The van der Waals surface area contributed by atoms with E-state index in [-0.39, 0.29) is 6.04 Å². The highest BCUT2D eigenvalue weighted by Gasteiger charge is 2.24. The third kappa shape index (κ3) is 2.36. The van der Waals surface area contributed by atoms with E-state index in [4.69, 9.17) is 4.74 Å². The molecule has 2 heterocycles. The van der Waals surface area contributed by atoms with Crippen LogP contribution in [0.5, 0.6) is 0 Å². The molecule has 1 aliphatic heterocycles. The van der Waals surface area contributed by atoms with Crippen LogP contribution in [0.15, 0.2) is 30.6 Å². The van der Waals surface area contributed by atoms with Crippen molar-refractivity contribution in [1.82, 2.24) is 14.9 Å². The molecule has 0 aromatic carbocycles. The van der Waals surface area contributed by atoms with Crippen molar-refractivity contribution >= 4 is 0 Å². The number of imidazole rings is 1.